The van der Waals surface area contributed by atoms with Gasteiger partial charge in [-0.25, -0.2) is 0 Å². The summed E-state index contributed by atoms with van der Waals surface area (Å²) in [5.41, 5.74) is 2.45. The summed E-state index contributed by atoms with van der Waals surface area (Å²) in [7, 11) is 6.86. The zero-order chi connectivity index (χ0) is 27.4. The van der Waals surface area contributed by atoms with Crippen LogP contribution in [0.1, 0.15) is 30.5 Å². The second kappa shape index (κ2) is 11.3. The van der Waals surface area contributed by atoms with Gasteiger partial charge in [-0.3, -0.25) is 14.5 Å². The molecule has 4 rings (SSSR count). The monoisotopic (exact) mass is 516 g/mol. The molecule has 1 saturated heterocycles. The topological polar surface area (TPSA) is 88.5 Å². The van der Waals surface area contributed by atoms with E-state index in [0.29, 0.717) is 40.7 Å². The summed E-state index contributed by atoms with van der Waals surface area (Å²) in [6, 6.07) is 18.6. The van der Waals surface area contributed by atoms with Gasteiger partial charge in [0.1, 0.15) is 11.5 Å². The van der Waals surface area contributed by atoms with Crippen LogP contribution in [0, 0.1) is 0 Å². The van der Waals surface area contributed by atoms with Gasteiger partial charge in [0.15, 0.2) is 11.5 Å². The van der Waals surface area contributed by atoms with Crippen molar-refractivity contribution in [2.75, 3.05) is 44.7 Å². The minimum atomic E-state index is -0.860. The van der Waals surface area contributed by atoms with Crippen LogP contribution in [-0.2, 0) is 9.59 Å². The Hall–Kier alpha value is -4.46. The zero-order valence-electron chi connectivity index (χ0n) is 22.2. The normalized spacial score (nSPS) is 16.4. The number of benzene rings is 3. The van der Waals surface area contributed by atoms with E-state index in [2.05, 4.69) is 0 Å². The first-order valence-corrected chi connectivity index (χ1v) is 12.3. The number of hydrogen-bond acceptors (Lipinski definition) is 7. The van der Waals surface area contributed by atoms with Crippen LogP contribution in [0.3, 0.4) is 0 Å². The Morgan fingerprint density at radius 3 is 2.29 bits per heavy atom. The van der Waals surface area contributed by atoms with Gasteiger partial charge in [-0.2, -0.15) is 0 Å². The summed E-state index contributed by atoms with van der Waals surface area (Å²) in [5.74, 6) is -0.359. The molecule has 1 unspecified atom stereocenters. The van der Waals surface area contributed by atoms with Crippen LogP contribution >= 0.6 is 0 Å². The second-order valence-corrected chi connectivity index (χ2v) is 9.07. The van der Waals surface area contributed by atoms with E-state index in [-0.39, 0.29) is 11.3 Å². The number of nitrogens with zero attached hydrogens (tertiary/aromatic N) is 2. The van der Waals surface area contributed by atoms with E-state index in [1.165, 1.54) is 19.1 Å². The number of methoxy groups -OCH3 is 2. The highest BCUT2D eigenvalue weighted by molar-refractivity contribution is 6.51. The fourth-order valence-corrected chi connectivity index (χ4v) is 4.45. The minimum Gasteiger partial charge on any atom is -0.507 e. The summed E-state index contributed by atoms with van der Waals surface area (Å²) in [6.45, 7) is 2.53. The molecule has 1 amide bonds. The predicted octanol–water partition coefficient (Wildman–Crippen LogP) is 5.18. The summed E-state index contributed by atoms with van der Waals surface area (Å²) < 4.78 is 16.5. The van der Waals surface area contributed by atoms with Gasteiger partial charge in [-0.1, -0.05) is 25.1 Å². The third-order valence-electron chi connectivity index (χ3n) is 6.40. The molecule has 198 valence electrons. The van der Waals surface area contributed by atoms with Crippen LogP contribution in [-0.4, -0.2) is 51.7 Å². The summed E-state index contributed by atoms with van der Waals surface area (Å²) in [5, 5.41) is 11.5. The smallest absolute Gasteiger partial charge is 0.300 e. The first kappa shape index (κ1) is 26.6. The molecular formula is C30H32N2O6. The van der Waals surface area contributed by atoms with Crippen LogP contribution in [0.25, 0.3) is 5.76 Å². The number of ether oxygens (including phenoxy) is 3. The van der Waals surface area contributed by atoms with E-state index in [1.807, 2.05) is 50.2 Å². The Bertz CT molecular complexity index is 1360. The van der Waals surface area contributed by atoms with E-state index in [0.717, 1.165) is 12.1 Å². The van der Waals surface area contributed by atoms with Gasteiger partial charge >= 0.3 is 0 Å². The van der Waals surface area contributed by atoms with Crippen molar-refractivity contribution in [3.8, 4) is 17.2 Å². The SMILES string of the molecule is CCCOc1cccc(N2C(=O)C(=O)/C(=C(/O)c3ccc(OC)c(OC)c3)C2c2ccc(N(C)C)cc2)c1. The molecular weight excluding hydrogens is 484 g/mol. The van der Waals surface area contributed by atoms with E-state index < -0.39 is 17.7 Å². The van der Waals surface area contributed by atoms with Gasteiger partial charge < -0.3 is 24.2 Å². The lowest BCUT2D eigenvalue weighted by molar-refractivity contribution is -0.132. The number of carbonyl (C=O) groups excluding carboxylic acids is 2. The van der Waals surface area contributed by atoms with Gasteiger partial charge in [0.05, 0.1) is 32.4 Å². The lowest BCUT2D eigenvalue weighted by Gasteiger charge is -2.26. The van der Waals surface area contributed by atoms with Crippen molar-refractivity contribution in [3.05, 3.63) is 83.4 Å². The van der Waals surface area contributed by atoms with Crippen molar-refractivity contribution in [1.82, 2.24) is 0 Å². The fraction of sp³-hybridized carbons (Fsp3) is 0.267. The third kappa shape index (κ3) is 5.02. The molecule has 3 aromatic carbocycles. The molecule has 3 aromatic rings. The minimum absolute atomic E-state index is 0.0142. The maximum atomic E-state index is 13.5. The highest BCUT2D eigenvalue weighted by atomic mass is 16.5. The largest absolute Gasteiger partial charge is 0.507 e. The highest BCUT2D eigenvalue weighted by Gasteiger charge is 2.47. The molecule has 8 nitrogen and oxygen atoms in total. The van der Waals surface area contributed by atoms with Crippen molar-refractivity contribution < 1.29 is 28.9 Å². The van der Waals surface area contributed by atoms with E-state index in [4.69, 9.17) is 14.2 Å². The predicted molar refractivity (Wildman–Crippen MR) is 147 cm³/mol. The Labute approximate surface area is 222 Å². The van der Waals surface area contributed by atoms with Crippen LogP contribution in [0.5, 0.6) is 17.2 Å². The maximum absolute atomic E-state index is 13.5. The Kier molecular flexibility index (Phi) is 7.90. The number of anilines is 2. The van der Waals surface area contributed by atoms with E-state index in [9.17, 15) is 14.7 Å². The number of aliphatic hydroxyl groups excluding tert-OH is 1. The number of rotatable bonds is 9. The molecule has 38 heavy (non-hydrogen) atoms. The van der Waals surface area contributed by atoms with Gasteiger partial charge in [-0.05, 0) is 54.4 Å². The lowest BCUT2D eigenvalue weighted by atomic mass is 9.94. The molecule has 1 aliphatic heterocycles. The summed E-state index contributed by atoms with van der Waals surface area (Å²) in [4.78, 5) is 30.4. The molecule has 0 saturated carbocycles. The third-order valence-corrected chi connectivity index (χ3v) is 6.40. The van der Waals surface area contributed by atoms with Crippen LogP contribution in [0.2, 0.25) is 0 Å². The Balaban J connectivity index is 1.90. The van der Waals surface area contributed by atoms with Crippen LogP contribution in [0.4, 0.5) is 11.4 Å². The fourth-order valence-electron chi connectivity index (χ4n) is 4.45. The Morgan fingerprint density at radius 2 is 1.66 bits per heavy atom. The molecule has 1 N–H and O–H groups in total. The number of carbonyl (C=O) groups is 2. The molecule has 0 bridgehead atoms. The van der Waals surface area contributed by atoms with E-state index >= 15 is 0 Å². The van der Waals surface area contributed by atoms with Gasteiger partial charge in [-0.15, -0.1) is 0 Å². The van der Waals surface area contributed by atoms with Gasteiger partial charge in [0, 0.05) is 37.1 Å². The van der Waals surface area contributed by atoms with Crippen molar-refractivity contribution in [3.63, 3.8) is 0 Å². The molecule has 1 heterocycles. The maximum Gasteiger partial charge on any atom is 0.300 e. The zero-order valence-corrected chi connectivity index (χ0v) is 22.2. The van der Waals surface area contributed by atoms with Crippen molar-refractivity contribution in [1.29, 1.82) is 0 Å². The number of aliphatic hydroxyl groups is 1. The van der Waals surface area contributed by atoms with Crippen molar-refractivity contribution in [2.45, 2.75) is 19.4 Å². The van der Waals surface area contributed by atoms with Crippen LogP contribution in [0.15, 0.2) is 72.3 Å². The summed E-state index contributed by atoms with van der Waals surface area (Å²) >= 11 is 0. The average Bonchev–Trinajstić information content (AvgIpc) is 3.21. The number of Topliss-reactive ketones (excluding diaryl/α,β-unsaturated/α-hetero) is 1. The van der Waals surface area contributed by atoms with Gasteiger partial charge in [0.25, 0.3) is 11.7 Å². The lowest BCUT2D eigenvalue weighted by Crippen LogP contribution is -2.29. The first-order chi connectivity index (χ1) is 18.3. The first-order valence-electron chi connectivity index (χ1n) is 12.3. The van der Waals surface area contributed by atoms with E-state index in [1.54, 1.807) is 42.5 Å². The molecule has 0 spiro atoms. The quantitative estimate of drug-likeness (QED) is 0.238. The molecule has 0 aliphatic carbocycles. The molecule has 8 heteroatoms. The van der Waals surface area contributed by atoms with Gasteiger partial charge in [0.2, 0.25) is 0 Å². The molecule has 1 fully saturated rings. The summed E-state index contributed by atoms with van der Waals surface area (Å²) in [6.07, 6.45) is 0.832. The molecule has 1 aliphatic rings. The number of amides is 1. The van der Waals surface area contributed by atoms with Crippen molar-refractivity contribution in [2.24, 2.45) is 0 Å². The molecule has 1 atom stereocenters. The van der Waals surface area contributed by atoms with Crippen molar-refractivity contribution >= 4 is 28.8 Å². The standard InChI is InChI=1S/C30H32N2O6/c1-6-16-38-23-9-7-8-22(18-23)32-27(19-10-13-21(14-11-19)31(2)3)26(29(34)30(32)35)28(33)20-12-15-24(36-4)25(17-20)37-5/h7-15,17-18,27,33H,6,16H2,1-5H3/b28-26+. The Morgan fingerprint density at radius 1 is 0.947 bits per heavy atom. The molecule has 0 aromatic heterocycles. The molecule has 0 radical (unpaired) electrons. The average molecular weight is 517 g/mol. The second-order valence-electron chi connectivity index (χ2n) is 9.07. The highest BCUT2D eigenvalue weighted by Crippen LogP contribution is 2.43. The number of ketones is 1. The number of hydrogen-bond donors (Lipinski definition) is 1. The van der Waals surface area contributed by atoms with Crippen LogP contribution < -0.4 is 24.0 Å².